The fourth-order valence-electron chi connectivity index (χ4n) is 3.98. The summed E-state index contributed by atoms with van der Waals surface area (Å²) in [6.45, 7) is 0. The molecule has 0 saturated carbocycles. The maximum Gasteiger partial charge on any atom is 0.312 e. The third-order valence-electron chi connectivity index (χ3n) is 5.57. The van der Waals surface area contributed by atoms with Gasteiger partial charge in [0.25, 0.3) is 0 Å². The first-order valence-electron chi connectivity index (χ1n) is 9.89. The van der Waals surface area contributed by atoms with E-state index in [0.717, 1.165) is 5.56 Å². The highest BCUT2D eigenvalue weighted by Crippen LogP contribution is 2.49. The number of Topliss-reactive ketones (excluding diaryl/α,β-unsaturated/α-hetero) is 1. The van der Waals surface area contributed by atoms with Crippen LogP contribution in [-0.2, 0) is 4.79 Å². The summed E-state index contributed by atoms with van der Waals surface area (Å²) in [4.78, 5) is 25.3. The van der Waals surface area contributed by atoms with Crippen LogP contribution >= 0.6 is 11.6 Å². The van der Waals surface area contributed by atoms with E-state index in [2.05, 4.69) is 0 Å². The van der Waals surface area contributed by atoms with Gasteiger partial charge in [-0.1, -0.05) is 29.8 Å². The number of phenolic OH excluding ortho intramolecular Hbond substituents is 1. The normalized spacial score (nSPS) is 18.1. The second-order valence-corrected chi connectivity index (χ2v) is 7.92. The number of esters is 1. The van der Waals surface area contributed by atoms with Gasteiger partial charge in [-0.2, -0.15) is 0 Å². The third-order valence-corrected chi connectivity index (χ3v) is 5.87. The SMILES string of the molecule is COc1ccc(/C=C2\Oc3c(ccc4c3[C@@H](c3ccc(O)c(Cl)c3)CC(=O)O4)C2=O)cc1. The minimum atomic E-state index is -0.438. The van der Waals surface area contributed by atoms with Crippen molar-refractivity contribution in [2.24, 2.45) is 0 Å². The van der Waals surface area contributed by atoms with Crippen LogP contribution in [0.1, 0.15) is 39.4 Å². The summed E-state index contributed by atoms with van der Waals surface area (Å²) in [5, 5.41) is 9.95. The van der Waals surface area contributed by atoms with Crippen molar-refractivity contribution in [1.29, 1.82) is 0 Å². The van der Waals surface area contributed by atoms with Gasteiger partial charge in [-0.15, -0.1) is 0 Å². The number of rotatable bonds is 3. The summed E-state index contributed by atoms with van der Waals surface area (Å²) in [5.41, 5.74) is 2.50. The Morgan fingerprint density at radius 2 is 1.84 bits per heavy atom. The molecule has 0 radical (unpaired) electrons. The number of aromatic hydroxyl groups is 1. The number of methoxy groups -OCH3 is 1. The largest absolute Gasteiger partial charge is 0.506 e. The first-order chi connectivity index (χ1) is 15.4. The van der Waals surface area contributed by atoms with Gasteiger partial charge in [0, 0.05) is 11.5 Å². The second kappa shape index (κ2) is 7.73. The lowest BCUT2D eigenvalue weighted by Gasteiger charge is -2.26. The number of carbonyl (C=O) groups excluding carboxylic acids is 2. The van der Waals surface area contributed by atoms with Gasteiger partial charge in [0.1, 0.15) is 23.0 Å². The van der Waals surface area contributed by atoms with Crippen LogP contribution in [0, 0.1) is 0 Å². The molecule has 5 rings (SSSR count). The molecule has 0 spiro atoms. The molecule has 3 aromatic carbocycles. The number of phenols is 1. The number of ether oxygens (including phenoxy) is 3. The van der Waals surface area contributed by atoms with E-state index in [1.165, 1.54) is 6.07 Å². The lowest BCUT2D eigenvalue weighted by atomic mass is 9.84. The molecule has 32 heavy (non-hydrogen) atoms. The van der Waals surface area contributed by atoms with Crippen LogP contribution in [0.4, 0.5) is 0 Å². The zero-order chi connectivity index (χ0) is 22.4. The van der Waals surface area contributed by atoms with Crippen molar-refractivity contribution >= 4 is 29.4 Å². The molecule has 2 aliphatic heterocycles. The minimum absolute atomic E-state index is 0.0524. The Balaban J connectivity index is 1.58. The van der Waals surface area contributed by atoms with E-state index in [1.807, 2.05) is 12.1 Å². The monoisotopic (exact) mass is 448 g/mol. The predicted molar refractivity (Wildman–Crippen MR) is 118 cm³/mol. The van der Waals surface area contributed by atoms with Crippen molar-refractivity contribution in [3.8, 4) is 23.0 Å². The van der Waals surface area contributed by atoms with E-state index in [1.54, 1.807) is 49.6 Å². The maximum atomic E-state index is 13.0. The van der Waals surface area contributed by atoms with E-state index in [-0.39, 0.29) is 28.7 Å². The summed E-state index contributed by atoms with van der Waals surface area (Å²) in [6, 6.07) is 15.2. The molecule has 2 aliphatic rings. The highest BCUT2D eigenvalue weighted by atomic mass is 35.5. The van der Waals surface area contributed by atoms with Gasteiger partial charge in [0.05, 0.1) is 24.1 Å². The number of allylic oxidation sites excluding steroid dienone is 1. The van der Waals surface area contributed by atoms with Gasteiger partial charge < -0.3 is 19.3 Å². The molecule has 6 nitrogen and oxygen atoms in total. The third kappa shape index (κ3) is 3.39. The molecule has 0 aromatic heterocycles. The van der Waals surface area contributed by atoms with E-state index < -0.39 is 11.9 Å². The van der Waals surface area contributed by atoms with Crippen LogP contribution in [0.5, 0.6) is 23.0 Å². The van der Waals surface area contributed by atoms with Crippen LogP contribution in [0.25, 0.3) is 6.08 Å². The van der Waals surface area contributed by atoms with Crippen LogP contribution in [0.3, 0.4) is 0 Å². The van der Waals surface area contributed by atoms with Crippen molar-refractivity contribution in [2.45, 2.75) is 12.3 Å². The Morgan fingerprint density at radius 1 is 1.06 bits per heavy atom. The summed E-state index contributed by atoms with van der Waals surface area (Å²) >= 11 is 6.10. The molecular formula is C25H17ClO6. The molecule has 0 aliphatic carbocycles. The van der Waals surface area contributed by atoms with Crippen LogP contribution in [0.2, 0.25) is 5.02 Å². The average Bonchev–Trinajstić information content (AvgIpc) is 3.10. The molecule has 1 atom stereocenters. The van der Waals surface area contributed by atoms with Crippen molar-refractivity contribution in [3.05, 3.63) is 87.6 Å². The van der Waals surface area contributed by atoms with Crippen LogP contribution in [0.15, 0.2) is 60.4 Å². The summed E-state index contributed by atoms with van der Waals surface area (Å²) < 4.78 is 16.6. The molecule has 0 fully saturated rings. The van der Waals surface area contributed by atoms with Crippen molar-refractivity contribution in [2.75, 3.05) is 7.11 Å². The minimum Gasteiger partial charge on any atom is -0.506 e. The van der Waals surface area contributed by atoms with E-state index >= 15 is 0 Å². The molecule has 1 N–H and O–H groups in total. The van der Waals surface area contributed by atoms with E-state index in [4.69, 9.17) is 25.8 Å². The highest BCUT2D eigenvalue weighted by Gasteiger charge is 2.38. The number of ketones is 1. The molecule has 0 bridgehead atoms. The number of hydrogen-bond acceptors (Lipinski definition) is 6. The zero-order valence-electron chi connectivity index (χ0n) is 16.9. The van der Waals surface area contributed by atoms with Gasteiger partial charge in [0.2, 0.25) is 5.78 Å². The highest BCUT2D eigenvalue weighted by molar-refractivity contribution is 6.32. The van der Waals surface area contributed by atoms with Gasteiger partial charge in [-0.05, 0) is 53.6 Å². The molecule has 2 heterocycles. The van der Waals surface area contributed by atoms with Crippen molar-refractivity contribution in [3.63, 3.8) is 0 Å². The fraction of sp³-hybridized carbons (Fsp3) is 0.120. The average molecular weight is 449 g/mol. The first-order valence-corrected chi connectivity index (χ1v) is 10.3. The number of halogens is 1. The molecule has 3 aromatic rings. The van der Waals surface area contributed by atoms with Gasteiger partial charge in [-0.25, -0.2) is 0 Å². The van der Waals surface area contributed by atoms with Gasteiger partial charge >= 0.3 is 5.97 Å². The Labute approximate surface area is 188 Å². The first kappa shape index (κ1) is 20.2. The molecular weight excluding hydrogens is 432 g/mol. The van der Waals surface area contributed by atoms with Crippen molar-refractivity contribution in [1.82, 2.24) is 0 Å². The number of hydrogen-bond donors (Lipinski definition) is 1. The van der Waals surface area contributed by atoms with E-state index in [0.29, 0.717) is 33.9 Å². The molecule has 0 amide bonds. The van der Waals surface area contributed by atoms with Gasteiger partial charge in [0.15, 0.2) is 5.76 Å². The van der Waals surface area contributed by atoms with E-state index in [9.17, 15) is 14.7 Å². The Morgan fingerprint density at radius 3 is 2.56 bits per heavy atom. The summed E-state index contributed by atoms with van der Waals surface area (Å²) in [6.07, 6.45) is 1.72. The molecule has 160 valence electrons. The van der Waals surface area contributed by atoms with Crippen molar-refractivity contribution < 1.29 is 28.9 Å². The number of benzene rings is 3. The number of carbonyl (C=O) groups is 2. The Hall–Kier alpha value is -3.77. The summed E-state index contributed by atoms with van der Waals surface area (Å²) in [7, 11) is 1.58. The molecule has 0 saturated heterocycles. The zero-order valence-corrected chi connectivity index (χ0v) is 17.7. The maximum absolute atomic E-state index is 13.0. The number of fused-ring (bicyclic) bond motifs is 3. The van der Waals surface area contributed by atoms with Crippen LogP contribution in [-0.4, -0.2) is 24.0 Å². The quantitative estimate of drug-likeness (QED) is 0.340. The Bertz CT molecular complexity index is 1290. The molecule has 0 unspecified atom stereocenters. The Kier molecular flexibility index (Phi) is 4.87. The lowest BCUT2D eigenvalue weighted by molar-refractivity contribution is -0.135. The molecule has 7 heteroatoms. The standard InChI is InChI=1S/C25H17ClO6/c1-30-15-5-2-13(3-6-15)10-21-24(29)16-7-9-20-23(25(16)32-21)17(12-22(28)31-20)14-4-8-19(27)18(26)11-14/h2-11,17,27H,12H2,1H3/b21-10-/t17-/m1/s1. The fourth-order valence-corrected chi connectivity index (χ4v) is 4.17. The van der Waals surface area contributed by atoms with Gasteiger partial charge in [-0.3, -0.25) is 9.59 Å². The smallest absolute Gasteiger partial charge is 0.312 e. The lowest BCUT2D eigenvalue weighted by Crippen LogP contribution is -2.21. The predicted octanol–water partition coefficient (Wildman–Crippen LogP) is 5.11. The topological polar surface area (TPSA) is 82.1 Å². The van der Waals surface area contributed by atoms with Crippen LogP contribution < -0.4 is 14.2 Å². The summed E-state index contributed by atoms with van der Waals surface area (Å²) in [5.74, 6) is 0.457. The second-order valence-electron chi connectivity index (χ2n) is 7.51.